The topological polar surface area (TPSA) is 91.0 Å². The van der Waals surface area contributed by atoms with Gasteiger partial charge >= 0.3 is 0 Å². The fraction of sp³-hybridized carbons (Fsp3) is 0.348. The minimum Gasteiger partial charge on any atom is -0.497 e. The van der Waals surface area contributed by atoms with Crippen LogP contribution in [0.1, 0.15) is 10.4 Å². The first-order chi connectivity index (χ1) is 15.5. The van der Waals surface area contributed by atoms with Crippen LogP contribution in [0.15, 0.2) is 42.5 Å². The molecule has 0 bridgehead atoms. The maximum absolute atomic E-state index is 13.4. The molecule has 2 aromatic rings. The number of nitrogens with zero attached hydrogens (tertiary/aromatic N) is 2. The van der Waals surface area contributed by atoms with Gasteiger partial charge in [-0.2, -0.15) is 0 Å². The highest BCUT2D eigenvalue weighted by Gasteiger charge is 2.41. The summed E-state index contributed by atoms with van der Waals surface area (Å²) in [6, 6.07) is 12.2. The minimum atomic E-state index is -0.703. The number of piperazine rings is 1. The van der Waals surface area contributed by atoms with E-state index in [4.69, 9.17) is 4.74 Å². The molecule has 2 N–H and O–H groups in total. The van der Waals surface area contributed by atoms with E-state index < -0.39 is 6.04 Å². The van der Waals surface area contributed by atoms with Crippen LogP contribution in [-0.2, 0) is 9.59 Å². The molecule has 2 unspecified atom stereocenters. The van der Waals surface area contributed by atoms with E-state index in [-0.39, 0.29) is 30.3 Å². The van der Waals surface area contributed by atoms with Crippen molar-refractivity contribution in [2.45, 2.75) is 12.1 Å². The van der Waals surface area contributed by atoms with Gasteiger partial charge in [0.25, 0.3) is 5.91 Å². The van der Waals surface area contributed by atoms with Gasteiger partial charge in [0.1, 0.15) is 11.8 Å². The van der Waals surface area contributed by atoms with Crippen LogP contribution < -0.4 is 15.4 Å². The highest BCUT2D eigenvalue weighted by molar-refractivity contribution is 7.99. The molecule has 2 aromatic carbocycles. The number of amides is 3. The van der Waals surface area contributed by atoms with Gasteiger partial charge < -0.3 is 19.9 Å². The van der Waals surface area contributed by atoms with E-state index in [1.54, 1.807) is 34.7 Å². The van der Waals surface area contributed by atoms with Crippen LogP contribution in [0.3, 0.4) is 0 Å². The minimum absolute atomic E-state index is 0.00143. The van der Waals surface area contributed by atoms with E-state index in [1.807, 2.05) is 36.4 Å². The maximum Gasteiger partial charge on any atom is 0.256 e. The summed E-state index contributed by atoms with van der Waals surface area (Å²) in [7, 11) is 1.62. The Morgan fingerprint density at radius 2 is 1.88 bits per heavy atom. The lowest BCUT2D eigenvalue weighted by Crippen LogP contribution is -2.61. The number of nitrogens with one attached hydrogen (secondary N) is 2. The van der Waals surface area contributed by atoms with Gasteiger partial charge in [-0.1, -0.05) is 18.2 Å². The predicted molar refractivity (Wildman–Crippen MR) is 123 cm³/mol. The fourth-order valence-corrected chi connectivity index (χ4v) is 5.32. The second-order valence-corrected chi connectivity index (χ2v) is 9.08. The second-order valence-electron chi connectivity index (χ2n) is 8.05. The van der Waals surface area contributed by atoms with Crippen molar-refractivity contribution in [3.63, 3.8) is 0 Å². The quantitative estimate of drug-likeness (QED) is 0.736. The van der Waals surface area contributed by atoms with E-state index >= 15 is 0 Å². The van der Waals surface area contributed by atoms with Crippen molar-refractivity contribution in [1.82, 2.24) is 15.1 Å². The molecule has 0 saturated carbocycles. The Bertz CT molecular complexity index is 1070. The van der Waals surface area contributed by atoms with Crippen molar-refractivity contribution < 1.29 is 19.1 Å². The van der Waals surface area contributed by atoms with Crippen LogP contribution >= 0.6 is 11.8 Å². The van der Waals surface area contributed by atoms with Crippen LogP contribution in [0.5, 0.6) is 5.75 Å². The monoisotopic (exact) mass is 452 g/mol. The Balaban J connectivity index is 1.40. The Kier molecular flexibility index (Phi) is 5.52. The predicted octanol–water partition coefficient (Wildman–Crippen LogP) is 1.63. The summed E-state index contributed by atoms with van der Waals surface area (Å²) in [5, 5.41) is 6.08. The number of anilines is 1. The molecule has 3 amide bonds. The number of thioether (sulfide) groups is 1. The Morgan fingerprint density at radius 3 is 2.59 bits per heavy atom. The van der Waals surface area contributed by atoms with Gasteiger partial charge in [-0.3, -0.25) is 19.7 Å². The van der Waals surface area contributed by atoms with Crippen molar-refractivity contribution >= 4 is 35.2 Å². The molecule has 166 valence electrons. The molecule has 8 nitrogen and oxygen atoms in total. The zero-order valence-electron chi connectivity index (χ0n) is 17.7. The number of carbonyl (C=O) groups excluding carboxylic acids is 3. The van der Waals surface area contributed by atoms with Crippen LogP contribution in [0, 0.1) is 0 Å². The largest absolute Gasteiger partial charge is 0.497 e. The number of hydrogen-bond acceptors (Lipinski definition) is 6. The first-order valence-electron chi connectivity index (χ1n) is 10.6. The normalized spacial score (nSPS) is 22.7. The van der Waals surface area contributed by atoms with Crippen molar-refractivity contribution in [3.05, 3.63) is 48.0 Å². The third-order valence-corrected chi connectivity index (χ3v) is 7.14. The van der Waals surface area contributed by atoms with Crippen molar-refractivity contribution in [2.24, 2.45) is 0 Å². The van der Waals surface area contributed by atoms with E-state index in [1.165, 1.54) is 0 Å². The summed E-state index contributed by atoms with van der Waals surface area (Å²) < 4.78 is 5.22. The number of ether oxygens (including phenoxy) is 1. The van der Waals surface area contributed by atoms with Crippen molar-refractivity contribution in [2.75, 3.05) is 43.7 Å². The lowest BCUT2D eigenvalue weighted by molar-refractivity contribution is -0.137. The molecule has 3 aliphatic heterocycles. The molecule has 0 aliphatic carbocycles. The number of benzene rings is 2. The third-order valence-electron chi connectivity index (χ3n) is 6.20. The van der Waals surface area contributed by atoms with Gasteiger partial charge in [0.15, 0.2) is 0 Å². The molecule has 0 radical (unpaired) electrons. The number of rotatable bonds is 3. The molecule has 9 heteroatoms. The van der Waals surface area contributed by atoms with Crippen molar-refractivity contribution in [1.29, 1.82) is 0 Å². The standard InChI is InChI=1S/C23H24N4O4S/c1-31-16-5-2-14(3-6-16)15-4-7-18-17(10-15)22(29)27-9-8-26(11-20(27)21(28)25-18)23(30)19-12-32-13-24-19/h2-7,10,19-20,24H,8-9,11-13H2,1H3,(H,25,28). The molecule has 2 atom stereocenters. The average Bonchev–Trinajstić information content (AvgIpc) is 3.35. The van der Waals surface area contributed by atoms with E-state index in [0.29, 0.717) is 24.3 Å². The Labute approximate surface area is 190 Å². The summed E-state index contributed by atoms with van der Waals surface area (Å²) in [6.45, 7) is 0.956. The van der Waals surface area contributed by atoms with Crippen molar-refractivity contribution in [3.8, 4) is 16.9 Å². The summed E-state index contributed by atoms with van der Waals surface area (Å²) in [4.78, 5) is 42.5. The first-order valence-corrected chi connectivity index (χ1v) is 11.7. The molecule has 5 rings (SSSR count). The second kappa shape index (κ2) is 8.48. The first kappa shape index (κ1) is 20.8. The highest BCUT2D eigenvalue weighted by Crippen LogP contribution is 2.31. The van der Waals surface area contributed by atoms with Gasteiger partial charge in [0.2, 0.25) is 11.8 Å². The van der Waals surface area contributed by atoms with Gasteiger partial charge in [-0.05, 0) is 35.4 Å². The molecular formula is C23H24N4O4S. The Morgan fingerprint density at radius 1 is 1.09 bits per heavy atom. The molecule has 0 aromatic heterocycles. The average molecular weight is 453 g/mol. The number of hydrogen-bond donors (Lipinski definition) is 2. The zero-order chi connectivity index (χ0) is 22.2. The van der Waals surface area contributed by atoms with Crippen LogP contribution in [-0.4, -0.2) is 78.0 Å². The number of methoxy groups -OCH3 is 1. The molecule has 3 heterocycles. The smallest absolute Gasteiger partial charge is 0.256 e. The summed E-state index contributed by atoms with van der Waals surface area (Å²) in [6.07, 6.45) is 0. The van der Waals surface area contributed by atoms with Crippen LogP contribution in [0.25, 0.3) is 11.1 Å². The summed E-state index contributed by atoms with van der Waals surface area (Å²) in [5.74, 6) is 1.78. The van der Waals surface area contributed by atoms with Gasteiger partial charge in [0.05, 0.1) is 30.9 Å². The van der Waals surface area contributed by atoms with E-state index in [0.717, 1.165) is 28.5 Å². The van der Waals surface area contributed by atoms with Crippen LogP contribution in [0.2, 0.25) is 0 Å². The van der Waals surface area contributed by atoms with Gasteiger partial charge in [-0.15, -0.1) is 11.8 Å². The maximum atomic E-state index is 13.4. The van der Waals surface area contributed by atoms with E-state index in [2.05, 4.69) is 10.6 Å². The van der Waals surface area contributed by atoms with Crippen LogP contribution in [0.4, 0.5) is 5.69 Å². The fourth-order valence-electron chi connectivity index (χ4n) is 4.39. The molecule has 32 heavy (non-hydrogen) atoms. The molecule has 0 spiro atoms. The number of carbonyl (C=O) groups is 3. The molecular weight excluding hydrogens is 428 g/mol. The Hall–Kier alpha value is -3.04. The SMILES string of the molecule is COc1ccc(-c2ccc3c(c2)C(=O)N2CCN(C(=O)C4CSCN4)CC2C(=O)N3)cc1. The van der Waals surface area contributed by atoms with Gasteiger partial charge in [0, 0.05) is 24.7 Å². The lowest BCUT2D eigenvalue weighted by atomic mass is 10.0. The third kappa shape index (κ3) is 3.71. The highest BCUT2D eigenvalue weighted by atomic mass is 32.2. The summed E-state index contributed by atoms with van der Waals surface area (Å²) in [5.41, 5.74) is 2.79. The summed E-state index contributed by atoms with van der Waals surface area (Å²) >= 11 is 1.69. The molecule has 2 fully saturated rings. The van der Waals surface area contributed by atoms with Gasteiger partial charge in [-0.25, -0.2) is 0 Å². The molecule has 2 saturated heterocycles. The molecule has 3 aliphatic rings. The number of fused-ring (bicyclic) bond motifs is 2. The zero-order valence-corrected chi connectivity index (χ0v) is 18.5. The lowest BCUT2D eigenvalue weighted by Gasteiger charge is -2.40. The van der Waals surface area contributed by atoms with E-state index in [9.17, 15) is 14.4 Å².